The van der Waals surface area contributed by atoms with Crippen LogP contribution in [0.3, 0.4) is 0 Å². The fourth-order valence-electron chi connectivity index (χ4n) is 0.910. The van der Waals surface area contributed by atoms with E-state index in [1.165, 1.54) is 0 Å². The molecule has 0 aromatic rings. The third kappa shape index (κ3) is 1.95. The summed E-state index contributed by atoms with van der Waals surface area (Å²) < 4.78 is 9.82. The Morgan fingerprint density at radius 1 is 1.78 bits per heavy atom. The first-order chi connectivity index (χ1) is 4.43. The van der Waals surface area contributed by atoms with Crippen LogP contribution in [0.4, 0.5) is 0 Å². The molecule has 0 bridgehead atoms. The Morgan fingerprint density at radius 2 is 2.67 bits per heavy atom. The Hall–Kier alpha value is -0.680. The molecule has 1 radical (unpaired) electrons. The highest BCUT2D eigenvalue weighted by Crippen LogP contribution is 2.11. The average Bonchev–Trinajstić information content (AvgIpc) is 2.34. The second-order valence-electron chi connectivity index (χ2n) is 2.05. The van der Waals surface area contributed by atoms with Crippen molar-refractivity contribution in [3.8, 4) is 6.11 Å². The van der Waals surface area contributed by atoms with Gasteiger partial charge in [0.2, 0.25) is 0 Å². The van der Waals surface area contributed by atoms with E-state index in [0.717, 1.165) is 19.4 Å². The van der Waals surface area contributed by atoms with Gasteiger partial charge in [0.1, 0.15) is 12.7 Å². The summed E-state index contributed by atoms with van der Waals surface area (Å²) in [4.78, 5) is 0. The topological polar surface area (TPSA) is 18.5 Å². The van der Waals surface area contributed by atoms with Crippen LogP contribution in [0.5, 0.6) is 0 Å². The molecule has 1 saturated heterocycles. The van der Waals surface area contributed by atoms with Crippen LogP contribution in [-0.4, -0.2) is 19.3 Å². The number of hydrogen-bond acceptors (Lipinski definition) is 2. The maximum Gasteiger partial charge on any atom is 0.126 e. The Morgan fingerprint density at radius 3 is 3.22 bits per heavy atom. The maximum atomic E-state index is 6.44. The van der Waals surface area contributed by atoms with Gasteiger partial charge >= 0.3 is 0 Å². The molecule has 0 aromatic carbocycles. The summed E-state index contributed by atoms with van der Waals surface area (Å²) in [5.41, 5.74) is 0. The molecular weight excluding hydrogens is 116 g/mol. The predicted octanol–water partition coefficient (Wildman–Crippen LogP) is 0.729. The summed E-state index contributed by atoms with van der Waals surface area (Å²) in [5.74, 6) is 0. The van der Waals surface area contributed by atoms with E-state index in [1.54, 1.807) is 0 Å². The van der Waals surface area contributed by atoms with Gasteiger partial charge in [-0.05, 0) is 12.8 Å². The summed E-state index contributed by atoms with van der Waals surface area (Å²) in [5, 5.41) is 0. The summed E-state index contributed by atoms with van der Waals surface area (Å²) in [6, 6.07) is 0. The molecule has 0 aliphatic carbocycles. The van der Waals surface area contributed by atoms with E-state index in [-0.39, 0.29) is 6.10 Å². The summed E-state index contributed by atoms with van der Waals surface area (Å²) in [7, 11) is 0. The van der Waals surface area contributed by atoms with Crippen molar-refractivity contribution in [2.24, 2.45) is 0 Å². The van der Waals surface area contributed by atoms with Gasteiger partial charge in [0, 0.05) is 13.0 Å². The zero-order chi connectivity index (χ0) is 6.53. The molecule has 1 aliphatic rings. The van der Waals surface area contributed by atoms with Crippen LogP contribution in [0.15, 0.2) is 0 Å². The lowest BCUT2D eigenvalue weighted by Gasteiger charge is -2.04. The zero-order valence-electron chi connectivity index (χ0n) is 5.22. The Kier molecular flexibility index (Phi) is 2.41. The Balaban J connectivity index is 2.06. The van der Waals surface area contributed by atoms with Crippen molar-refractivity contribution in [2.75, 3.05) is 13.2 Å². The van der Waals surface area contributed by atoms with Crippen LogP contribution >= 0.6 is 0 Å². The van der Waals surface area contributed by atoms with E-state index < -0.39 is 0 Å². The normalized spacial score (nSPS) is 25.4. The van der Waals surface area contributed by atoms with Crippen LogP contribution in [0.1, 0.15) is 12.8 Å². The third-order valence-electron chi connectivity index (χ3n) is 1.37. The maximum absolute atomic E-state index is 6.44. The van der Waals surface area contributed by atoms with Crippen LogP contribution in [0.25, 0.3) is 0 Å². The van der Waals surface area contributed by atoms with Gasteiger partial charge in [-0.1, -0.05) is 0 Å². The van der Waals surface area contributed by atoms with E-state index in [4.69, 9.17) is 11.2 Å². The van der Waals surface area contributed by atoms with Gasteiger partial charge in [-0.3, -0.25) is 0 Å². The van der Waals surface area contributed by atoms with Crippen LogP contribution in [0, 0.1) is 12.5 Å². The summed E-state index contributed by atoms with van der Waals surface area (Å²) in [6.07, 6.45) is 10.7. The van der Waals surface area contributed by atoms with Crippen molar-refractivity contribution in [1.82, 2.24) is 0 Å². The Bertz CT molecular complexity index is 109. The summed E-state index contributed by atoms with van der Waals surface area (Å²) >= 11 is 0. The van der Waals surface area contributed by atoms with Gasteiger partial charge in [0.15, 0.2) is 0 Å². The fourth-order valence-corrected chi connectivity index (χ4v) is 0.910. The van der Waals surface area contributed by atoms with E-state index in [0.29, 0.717) is 6.61 Å². The molecule has 0 aromatic heterocycles. The molecule has 9 heavy (non-hydrogen) atoms. The lowest BCUT2D eigenvalue weighted by molar-refractivity contribution is 0.0580. The minimum Gasteiger partial charge on any atom is -0.443 e. The molecule has 1 heterocycles. The molecule has 1 aliphatic heterocycles. The van der Waals surface area contributed by atoms with Crippen molar-refractivity contribution in [1.29, 1.82) is 0 Å². The highest BCUT2D eigenvalue weighted by molar-refractivity contribution is 4.66. The molecule has 1 unspecified atom stereocenters. The quantitative estimate of drug-likeness (QED) is 0.506. The average molecular weight is 125 g/mol. The number of rotatable bonds is 2. The molecule has 1 fully saturated rings. The highest BCUT2D eigenvalue weighted by Gasteiger charge is 2.14. The van der Waals surface area contributed by atoms with Crippen LogP contribution < -0.4 is 0 Å². The zero-order valence-corrected chi connectivity index (χ0v) is 5.22. The standard InChI is InChI=1S/C7H9O2/c1-2-8-6-7-4-3-5-9-7/h7H,3-6H2. The smallest absolute Gasteiger partial charge is 0.126 e. The first kappa shape index (κ1) is 6.44. The molecular formula is C7H9O2. The molecule has 0 spiro atoms. The van der Waals surface area contributed by atoms with Crippen molar-refractivity contribution in [3.05, 3.63) is 6.42 Å². The SMILES string of the molecule is [C]#COCC1CCCO1. The molecule has 2 heteroatoms. The fraction of sp³-hybridized carbons (Fsp3) is 0.714. The summed E-state index contributed by atoms with van der Waals surface area (Å²) in [6.45, 7) is 1.33. The molecule has 0 saturated carbocycles. The van der Waals surface area contributed by atoms with Crippen LogP contribution in [-0.2, 0) is 9.47 Å². The van der Waals surface area contributed by atoms with Gasteiger partial charge in [0.25, 0.3) is 0 Å². The second kappa shape index (κ2) is 3.37. The first-order valence-corrected chi connectivity index (χ1v) is 3.08. The molecule has 1 atom stereocenters. The highest BCUT2D eigenvalue weighted by atomic mass is 16.5. The lowest BCUT2D eigenvalue weighted by atomic mass is 10.2. The van der Waals surface area contributed by atoms with Gasteiger partial charge < -0.3 is 9.47 Å². The van der Waals surface area contributed by atoms with Gasteiger partial charge in [0.05, 0.1) is 6.10 Å². The van der Waals surface area contributed by atoms with Gasteiger partial charge in [-0.2, -0.15) is 0 Å². The van der Waals surface area contributed by atoms with Crippen molar-refractivity contribution in [3.63, 3.8) is 0 Å². The molecule has 2 nitrogen and oxygen atoms in total. The third-order valence-corrected chi connectivity index (χ3v) is 1.37. The molecule has 0 N–H and O–H groups in total. The van der Waals surface area contributed by atoms with E-state index in [2.05, 4.69) is 4.74 Å². The second-order valence-corrected chi connectivity index (χ2v) is 2.05. The Labute approximate surface area is 55.1 Å². The van der Waals surface area contributed by atoms with Crippen LogP contribution in [0.2, 0.25) is 0 Å². The molecule has 49 valence electrons. The first-order valence-electron chi connectivity index (χ1n) is 3.08. The minimum atomic E-state index is 0.211. The monoisotopic (exact) mass is 125 g/mol. The van der Waals surface area contributed by atoms with Gasteiger partial charge in [-0.25, -0.2) is 0 Å². The van der Waals surface area contributed by atoms with E-state index in [1.807, 2.05) is 6.11 Å². The number of ether oxygens (including phenoxy) is 2. The van der Waals surface area contributed by atoms with E-state index in [9.17, 15) is 0 Å². The molecule has 1 rings (SSSR count). The molecule has 0 amide bonds. The number of hydrogen-bond donors (Lipinski definition) is 0. The van der Waals surface area contributed by atoms with Crippen molar-refractivity contribution in [2.45, 2.75) is 18.9 Å². The minimum absolute atomic E-state index is 0.211. The lowest BCUT2D eigenvalue weighted by Crippen LogP contribution is -2.11. The predicted molar refractivity (Wildman–Crippen MR) is 32.1 cm³/mol. The van der Waals surface area contributed by atoms with Crippen molar-refractivity contribution < 1.29 is 9.47 Å². The van der Waals surface area contributed by atoms with Crippen molar-refractivity contribution >= 4 is 0 Å². The van der Waals surface area contributed by atoms with E-state index >= 15 is 0 Å². The van der Waals surface area contributed by atoms with Gasteiger partial charge in [-0.15, -0.1) is 0 Å². The largest absolute Gasteiger partial charge is 0.443 e.